The van der Waals surface area contributed by atoms with Crippen LogP contribution in [0.4, 0.5) is 5.69 Å². The minimum absolute atomic E-state index is 0.0532. The number of nitrogens with zero attached hydrogens (tertiary/aromatic N) is 7. The van der Waals surface area contributed by atoms with Crippen LogP contribution >= 0.6 is 23.2 Å². The van der Waals surface area contributed by atoms with Gasteiger partial charge < -0.3 is 23.2 Å². The molecule has 0 radical (unpaired) electrons. The van der Waals surface area contributed by atoms with E-state index in [1.807, 2.05) is 68.7 Å². The Bertz CT molecular complexity index is 2670. The number of carbonyl (C=O) groups excluding carboxylic acids is 1. The summed E-state index contributed by atoms with van der Waals surface area (Å²) < 4.78 is 18.6. The summed E-state index contributed by atoms with van der Waals surface area (Å²) in [5.74, 6) is 2.29. The van der Waals surface area contributed by atoms with Gasteiger partial charge in [-0.05, 0) is 113 Å². The molecule has 9 rings (SSSR count). The number of rotatable bonds is 9. The molecular weight excluding hydrogens is 733 g/mol. The molecule has 10 nitrogen and oxygen atoms in total. The molecule has 0 bridgehead atoms. The van der Waals surface area contributed by atoms with E-state index in [-0.39, 0.29) is 11.9 Å². The normalized spacial score (nSPS) is 15.8. The fourth-order valence-electron chi connectivity index (χ4n) is 8.50. The Morgan fingerprint density at radius 1 is 0.945 bits per heavy atom. The molecule has 4 aromatic heterocycles. The monoisotopic (exact) mass is 775 g/mol. The van der Waals surface area contributed by atoms with E-state index in [2.05, 4.69) is 57.6 Å². The second-order valence-electron chi connectivity index (χ2n) is 15.3. The highest BCUT2D eigenvalue weighted by atomic mass is 35.5. The molecular formula is C43H43Cl2N7O3. The second kappa shape index (κ2) is 13.3. The maximum absolute atomic E-state index is 15.2. The van der Waals surface area contributed by atoms with E-state index in [9.17, 15) is 0 Å². The third-order valence-electron chi connectivity index (χ3n) is 11.4. The van der Waals surface area contributed by atoms with Crippen molar-refractivity contribution in [3.05, 3.63) is 98.4 Å². The highest BCUT2D eigenvalue weighted by Crippen LogP contribution is 2.46. The van der Waals surface area contributed by atoms with E-state index in [0.717, 1.165) is 95.9 Å². The number of halogens is 2. The van der Waals surface area contributed by atoms with Crippen LogP contribution in [0.5, 0.6) is 5.75 Å². The van der Waals surface area contributed by atoms with Crippen molar-refractivity contribution in [1.29, 1.82) is 0 Å². The number of ether oxygens (including phenoxy) is 1. The van der Waals surface area contributed by atoms with E-state index >= 15 is 4.79 Å². The van der Waals surface area contributed by atoms with Crippen molar-refractivity contribution in [2.24, 2.45) is 14.1 Å². The average molecular weight is 777 g/mol. The summed E-state index contributed by atoms with van der Waals surface area (Å²) in [5.41, 5.74) is 11.1. The fraction of sp³-hybridized carbons (Fsp3) is 0.349. The molecule has 1 fully saturated rings. The Morgan fingerprint density at radius 3 is 2.42 bits per heavy atom. The number of hydrogen-bond donors (Lipinski definition) is 0. The van der Waals surface area contributed by atoms with Crippen molar-refractivity contribution in [3.8, 4) is 28.3 Å². The first kappa shape index (κ1) is 35.6. The molecule has 1 aliphatic carbocycles. The molecule has 1 saturated carbocycles. The summed E-state index contributed by atoms with van der Waals surface area (Å²) in [5, 5.41) is 16.8. The Morgan fingerprint density at radius 2 is 1.71 bits per heavy atom. The van der Waals surface area contributed by atoms with Gasteiger partial charge in [0.15, 0.2) is 0 Å². The van der Waals surface area contributed by atoms with Crippen LogP contribution in [0, 0.1) is 27.7 Å². The fourth-order valence-corrected chi connectivity index (χ4v) is 8.86. The Hall–Kier alpha value is -5.06. The zero-order valence-corrected chi connectivity index (χ0v) is 33.6. The van der Waals surface area contributed by atoms with Crippen LogP contribution < -0.4 is 9.64 Å². The first-order valence-corrected chi connectivity index (χ1v) is 19.7. The molecule has 12 heteroatoms. The van der Waals surface area contributed by atoms with E-state index in [1.165, 1.54) is 0 Å². The van der Waals surface area contributed by atoms with E-state index in [4.69, 9.17) is 37.5 Å². The molecule has 7 aromatic rings. The van der Waals surface area contributed by atoms with Crippen molar-refractivity contribution in [2.75, 3.05) is 18.1 Å². The number of benzene rings is 3. The standard InChI is InChI=1S/C43H43Cl2N7O3/c1-22-17-29(18-23(2)38(22)45)54-16-8-9-30-31-13-14-33(44)37(36-25(4)48-50(7)26(36)5)39(31)52-24(3)20-51(43(53)40(30)52)35-21-49(6)34-15-12-28(19-32(34)35)42-47-46-41(55-42)27-10-11-27/h12-15,17-19,21,24,27H,8-11,16,20H2,1-7H3. The van der Waals surface area contributed by atoms with Crippen molar-refractivity contribution in [2.45, 2.75) is 72.3 Å². The van der Waals surface area contributed by atoms with Gasteiger partial charge in [-0.2, -0.15) is 5.10 Å². The minimum Gasteiger partial charge on any atom is -0.494 e. The molecule has 3 aromatic carbocycles. The van der Waals surface area contributed by atoms with Crippen LogP contribution in [0.15, 0.2) is 53.1 Å². The van der Waals surface area contributed by atoms with Crippen LogP contribution in [0.25, 0.3) is 44.4 Å². The molecule has 1 amide bonds. The predicted molar refractivity (Wildman–Crippen MR) is 218 cm³/mol. The number of amides is 1. The Kier molecular flexibility index (Phi) is 8.62. The summed E-state index contributed by atoms with van der Waals surface area (Å²) in [6.07, 6.45) is 5.54. The number of carbonyl (C=O) groups is 1. The lowest BCUT2D eigenvalue weighted by atomic mass is 9.98. The third-order valence-corrected chi connectivity index (χ3v) is 12.3. The van der Waals surface area contributed by atoms with Gasteiger partial charge in [0, 0.05) is 82.5 Å². The maximum Gasteiger partial charge on any atom is 0.275 e. The van der Waals surface area contributed by atoms with Gasteiger partial charge in [-0.15, -0.1) is 10.2 Å². The lowest BCUT2D eigenvalue weighted by molar-refractivity contribution is 0.0957. The number of anilines is 1. The zero-order valence-electron chi connectivity index (χ0n) is 32.1. The van der Waals surface area contributed by atoms with Gasteiger partial charge in [0.1, 0.15) is 11.4 Å². The molecule has 1 aliphatic heterocycles. The molecule has 1 atom stereocenters. The zero-order chi connectivity index (χ0) is 38.4. The molecule has 0 spiro atoms. The van der Waals surface area contributed by atoms with Gasteiger partial charge >= 0.3 is 0 Å². The van der Waals surface area contributed by atoms with Crippen molar-refractivity contribution >= 4 is 56.6 Å². The van der Waals surface area contributed by atoms with E-state index in [1.54, 1.807) is 0 Å². The second-order valence-corrected chi connectivity index (χ2v) is 16.1. The lowest BCUT2D eigenvalue weighted by Crippen LogP contribution is -2.42. The number of aryl methyl sites for hydroxylation is 6. The first-order chi connectivity index (χ1) is 26.4. The maximum atomic E-state index is 15.2. The van der Waals surface area contributed by atoms with Crippen molar-refractivity contribution in [1.82, 2.24) is 29.1 Å². The van der Waals surface area contributed by atoms with Gasteiger partial charge in [0.25, 0.3) is 5.91 Å². The molecule has 0 saturated heterocycles. The molecule has 55 heavy (non-hydrogen) atoms. The van der Waals surface area contributed by atoms with Crippen LogP contribution in [-0.2, 0) is 20.5 Å². The van der Waals surface area contributed by atoms with Gasteiger partial charge in [0.2, 0.25) is 11.8 Å². The van der Waals surface area contributed by atoms with Gasteiger partial charge in [0.05, 0.1) is 28.5 Å². The molecule has 5 heterocycles. The van der Waals surface area contributed by atoms with Crippen molar-refractivity contribution in [3.63, 3.8) is 0 Å². The summed E-state index contributed by atoms with van der Waals surface area (Å²) in [7, 11) is 3.97. The minimum atomic E-state index is -0.0785. The largest absolute Gasteiger partial charge is 0.494 e. The summed E-state index contributed by atoms with van der Waals surface area (Å²) in [6.45, 7) is 11.2. The van der Waals surface area contributed by atoms with E-state index < -0.39 is 0 Å². The summed E-state index contributed by atoms with van der Waals surface area (Å²) in [4.78, 5) is 17.2. The van der Waals surface area contributed by atoms with Crippen LogP contribution in [-0.4, -0.2) is 48.2 Å². The van der Waals surface area contributed by atoms with Crippen molar-refractivity contribution < 1.29 is 13.9 Å². The number of fused-ring (bicyclic) bond motifs is 4. The van der Waals surface area contributed by atoms with Gasteiger partial charge in [-0.1, -0.05) is 29.3 Å². The highest BCUT2D eigenvalue weighted by molar-refractivity contribution is 6.35. The molecule has 282 valence electrons. The smallest absolute Gasteiger partial charge is 0.275 e. The van der Waals surface area contributed by atoms with Gasteiger partial charge in [-0.25, -0.2) is 0 Å². The van der Waals surface area contributed by atoms with Crippen LogP contribution in [0.1, 0.15) is 82.6 Å². The highest BCUT2D eigenvalue weighted by Gasteiger charge is 2.38. The lowest BCUT2D eigenvalue weighted by Gasteiger charge is -2.34. The topological polar surface area (TPSA) is 96.1 Å². The molecule has 0 N–H and O–H groups in total. The first-order valence-electron chi connectivity index (χ1n) is 18.9. The summed E-state index contributed by atoms with van der Waals surface area (Å²) >= 11 is 13.6. The number of hydrogen-bond acceptors (Lipinski definition) is 6. The molecule has 1 unspecified atom stereocenters. The average Bonchev–Trinajstić information content (AvgIpc) is 3.53. The van der Waals surface area contributed by atoms with E-state index in [0.29, 0.717) is 54.4 Å². The third kappa shape index (κ3) is 5.84. The van der Waals surface area contributed by atoms with Crippen LogP contribution in [0.2, 0.25) is 10.0 Å². The van der Waals surface area contributed by atoms with Crippen LogP contribution in [0.3, 0.4) is 0 Å². The molecule has 2 aliphatic rings. The Balaban J connectivity index is 1.16. The summed E-state index contributed by atoms with van der Waals surface area (Å²) in [6, 6.07) is 14.0. The SMILES string of the molecule is Cc1cc(OCCCc2c3n(c4c(-c5c(C)nn(C)c5C)c(Cl)ccc24)C(C)CN(c2cn(C)c4ccc(-c5nnc(C6CC6)o5)cc24)C3=O)cc(C)c1Cl. The number of aromatic nitrogens is 6. The predicted octanol–water partition coefficient (Wildman–Crippen LogP) is 10.2. The van der Waals surface area contributed by atoms with Gasteiger partial charge in [-0.3, -0.25) is 9.48 Å². The quantitative estimate of drug-likeness (QED) is 0.136. The Labute approximate surface area is 329 Å².